The van der Waals surface area contributed by atoms with Gasteiger partial charge in [-0.25, -0.2) is 0 Å². The van der Waals surface area contributed by atoms with Crippen molar-refractivity contribution in [2.45, 2.75) is 6.42 Å². The number of hydrogen-bond donors (Lipinski definition) is 0. The highest BCUT2D eigenvalue weighted by Gasteiger charge is 2.04. The highest BCUT2D eigenvalue weighted by atomic mass is 16.5. The summed E-state index contributed by atoms with van der Waals surface area (Å²) in [7, 11) is 0. The Kier molecular flexibility index (Phi) is 3.55. The minimum absolute atomic E-state index is 0.222. The van der Waals surface area contributed by atoms with Crippen molar-refractivity contribution in [1.82, 2.24) is 0 Å². The lowest BCUT2D eigenvalue weighted by molar-refractivity contribution is -0.141. The number of ether oxygens (including phenoxy) is 1. The third-order valence-corrected chi connectivity index (χ3v) is 2.52. The summed E-state index contributed by atoms with van der Waals surface area (Å²) in [4.78, 5) is 11.4. The number of fused-ring (bicyclic) bond motifs is 1. The van der Waals surface area contributed by atoms with Crippen molar-refractivity contribution in [3.8, 4) is 0 Å². The van der Waals surface area contributed by atoms with Crippen LogP contribution >= 0.6 is 0 Å². The molecule has 0 aromatic heterocycles. The smallest absolute Gasteiger partial charge is 0.310 e. The van der Waals surface area contributed by atoms with E-state index < -0.39 is 0 Å². The van der Waals surface area contributed by atoms with Gasteiger partial charge in [0.1, 0.15) is 6.61 Å². The fourth-order valence-corrected chi connectivity index (χ4v) is 1.72. The number of benzene rings is 2. The van der Waals surface area contributed by atoms with Gasteiger partial charge in [0.15, 0.2) is 0 Å². The van der Waals surface area contributed by atoms with Gasteiger partial charge >= 0.3 is 5.97 Å². The monoisotopic (exact) mass is 226 g/mol. The van der Waals surface area contributed by atoms with Gasteiger partial charge in [0.05, 0.1) is 6.42 Å². The molecular formula is C15H14O2. The van der Waals surface area contributed by atoms with Gasteiger partial charge in [0, 0.05) is 0 Å². The van der Waals surface area contributed by atoms with Crippen molar-refractivity contribution in [3.05, 3.63) is 60.7 Å². The van der Waals surface area contributed by atoms with E-state index in [9.17, 15) is 4.79 Å². The fraction of sp³-hybridized carbons (Fsp3) is 0.133. The van der Waals surface area contributed by atoms with Gasteiger partial charge in [-0.1, -0.05) is 55.1 Å². The maximum Gasteiger partial charge on any atom is 0.310 e. The molecule has 0 fully saturated rings. The third-order valence-electron chi connectivity index (χ3n) is 2.52. The minimum Gasteiger partial charge on any atom is -0.461 e. The molecule has 0 aliphatic heterocycles. The van der Waals surface area contributed by atoms with Crippen LogP contribution < -0.4 is 0 Å². The summed E-state index contributed by atoms with van der Waals surface area (Å²) in [6, 6.07) is 14.1. The minimum atomic E-state index is -0.222. The molecule has 2 aromatic carbocycles. The first-order valence-electron chi connectivity index (χ1n) is 5.54. The van der Waals surface area contributed by atoms with Crippen molar-refractivity contribution >= 4 is 16.7 Å². The molecule has 0 unspecified atom stereocenters. The molecule has 2 nitrogen and oxygen atoms in total. The van der Waals surface area contributed by atoms with Crippen molar-refractivity contribution in [2.24, 2.45) is 0 Å². The molecule has 0 aliphatic rings. The van der Waals surface area contributed by atoms with Gasteiger partial charge in [0.2, 0.25) is 0 Å². The molecule has 0 aliphatic carbocycles. The van der Waals surface area contributed by atoms with Crippen LogP contribution in [-0.2, 0) is 16.0 Å². The van der Waals surface area contributed by atoms with Gasteiger partial charge in [-0.3, -0.25) is 4.79 Å². The summed E-state index contributed by atoms with van der Waals surface area (Å²) in [5, 5.41) is 2.32. The van der Waals surface area contributed by atoms with E-state index in [0.29, 0.717) is 6.42 Å². The van der Waals surface area contributed by atoms with Gasteiger partial charge in [-0.15, -0.1) is 0 Å². The van der Waals surface area contributed by atoms with Crippen molar-refractivity contribution in [2.75, 3.05) is 6.61 Å². The van der Waals surface area contributed by atoms with Crippen LogP contribution in [0.4, 0.5) is 0 Å². The number of hydrogen-bond acceptors (Lipinski definition) is 2. The van der Waals surface area contributed by atoms with E-state index >= 15 is 0 Å². The normalized spacial score (nSPS) is 10.1. The van der Waals surface area contributed by atoms with Crippen molar-refractivity contribution < 1.29 is 9.53 Å². The molecular weight excluding hydrogens is 212 g/mol. The molecule has 2 rings (SSSR count). The predicted octanol–water partition coefficient (Wildman–Crippen LogP) is 3.11. The topological polar surface area (TPSA) is 26.3 Å². The zero-order chi connectivity index (χ0) is 12.1. The van der Waals surface area contributed by atoms with E-state index in [4.69, 9.17) is 4.74 Å². The van der Waals surface area contributed by atoms with Crippen molar-refractivity contribution in [1.29, 1.82) is 0 Å². The second-order valence-corrected chi connectivity index (χ2v) is 3.83. The van der Waals surface area contributed by atoms with E-state index in [-0.39, 0.29) is 12.6 Å². The summed E-state index contributed by atoms with van der Waals surface area (Å²) in [5.74, 6) is -0.222. The van der Waals surface area contributed by atoms with Crippen LogP contribution in [0.2, 0.25) is 0 Å². The first kappa shape index (κ1) is 11.4. The SMILES string of the molecule is C=CCOC(=O)Cc1ccc2ccccc2c1. The zero-order valence-electron chi connectivity index (χ0n) is 9.56. The van der Waals surface area contributed by atoms with Crippen molar-refractivity contribution in [3.63, 3.8) is 0 Å². The lowest BCUT2D eigenvalue weighted by Gasteiger charge is -2.04. The number of carbonyl (C=O) groups is 1. The maximum absolute atomic E-state index is 11.4. The number of esters is 1. The van der Waals surface area contributed by atoms with E-state index in [0.717, 1.165) is 10.9 Å². The Balaban J connectivity index is 2.13. The molecule has 0 heterocycles. The van der Waals surface area contributed by atoms with E-state index in [1.807, 2.05) is 36.4 Å². The van der Waals surface area contributed by atoms with Crippen LogP contribution in [0.15, 0.2) is 55.1 Å². The second kappa shape index (κ2) is 5.30. The molecule has 17 heavy (non-hydrogen) atoms. The molecule has 0 bridgehead atoms. The molecule has 0 saturated heterocycles. The van der Waals surface area contributed by atoms with Crippen LogP contribution in [-0.4, -0.2) is 12.6 Å². The Hall–Kier alpha value is -2.09. The van der Waals surface area contributed by atoms with Gasteiger partial charge < -0.3 is 4.74 Å². The molecule has 86 valence electrons. The van der Waals surface area contributed by atoms with Crippen LogP contribution in [0.3, 0.4) is 0 Å². The quantitative estimate of drug-likeness (QED) is 0.591. The summed E-state index contributed by atoms with van der Waals surface area (Å²) in [5.41, 5.74) is 0.970. The zero-order valence-corrected chi connectivity index (χ0v) is 9.56. The van der Waals surface area contributed by atoms with Crippen LogP contribution in [0.5, 0.6) is 0 Å². The highest BCUT2D eigenvalue weighted by molar-refractivity contribution is 5.84. The summed E-state index contributed by atoms with van der Waals surface area (Å²) in [6.45, 7) is 3.77. The van der Waals surface area contributed by atoms with Gasteiger partial charge in [0.25, 0.3) is 0 Å². The van der Waals surface area contributed by atoms with Gasteiger partial charge in [-0.2, -0.15) is 0 Å². The Bertz CT molecular complexity index is 543. The van der Waals surface area contributed by atoms with E-state index in [1.165, 1.54) is 5.39 Å². The Morgan fingerprint density at radius 1 is 1.18 bits per heavy atom. The molecule has 0 spiro atoms. The van der Waals surface area contributed by atoms with Crippen LogP contribution in [0.1, 0.15) is 5.56 Å². The summed E-state index contributed by atoms with van der Waals surface area (Å²) < 4.78 is 4.95. The second-order valence-electron chi connectivity index (χ2n) is 3.83. The summed E-state index contributed by atoms with van der Waals surface area (Å²) >= 11 is 0. The predicted molar refractivity (Wildman–Crippen MR) is 68.8 cm³/mol. The number of rotatable bonds is 4. The lowest BCUT2D eigenvalue weighted by Crippen LogP contribution is -2.07. The lowest BCUT2D eigenvalue weighted by atomic mass is 10.1. The first-order valence-corrected chi connectivity index (χ1v) is 5.54. The summed E-state index contributed by atoms with van der Waals surface area (Å²) in [6.07, 6.45) is 1.87. The van der Waals surface area contributed by atoms with Crippen LogP contribution in [0, 0.1) is 0 Å². The average molecular weight is 226 g/mol. The Labute approximate surface area is 101 Å². The number of carbonyl (C=O) groups excluding carboxylic acids is 1. The third kappa shape index (κ3) is 2.94. The molecule has 0 N–H and O–H groups in total. The molecule has 0 radical (unpaired) electrons. The maximum atomic E-state index is 11.4. The van der Waals surface area contributed by atoms with E-state index in [1.54, 1.807) is 6.08 Å². The molecule has 0 amide bonds. The molecule has 2 heteroatoms. The van der Waals surface area contributed by atoms with Gasteiger partial charge in [-0.05, 0) is 16.3 Å². The Morgan fingerprint density at radius 2 is 1.94 bits per heavy atom. The highest BCUT2D eigenvalue weighted by Crippen LogP contribution is 2.16. The molecule has 2 aromatic rings. The first-order chi connectivity index (χ1) is 8.29. The van der Waals surface area contributed by atoms with Crippen LogP contribution in [0.25, 0.3) is 10.8 Å². The molecule has 0 atom stereocenters. The average Bonchev–Trinajstić information content (AvgIpc) is 2.36. The Morgan fingerprint density at radius 3 is 2.71 bits per heavy atom. The standard InChI is InChI=1S/C15H14O2/c1-2-9-17-15(16)11-12-7-8-13-5-3-4-6-14(13)10-12/h2-8,10H,1,9,11H2. The fourth-order valence-electron chi connectivity index (χ4n) is 1.72. The largest absolute Gasteiger partial charge is 0.461 e. The molecule has 0 saturated carbocycles. The van der Waals surface area contributed by atoms with E-state index in [2.05, 4.69) is 12.6 Å².